The van der Waals surface area contributed by atoms with Crippen molar-refractivity contribution in [1.29, 1.82) is 0 Å². The minimum Gasteiger partial charge on any atom is -0.310 e. The number of fused-ring (bicyclic) bond motifs is 12. The molecule has 0 fully saturated rings. The van der Waals surface area contributed by atoms with Crippen molar-refractivity contribution in [2.24, 2.45) is 0 Å². The maximum Gasteiger partial charge on any atom is 0.0720 e. The van der Waals surface area contributed by atoms with Gasteiger partial charge in [0.15, 0.2) is 0 Å². The summed E-state index contributed by atoms with van der Waals surface area (Å²) >= 11 is 0. The van der Waals surface area contributed by atoms with Crippen LogP contribution in [0.4, 0.5) is 17.1 Å². The number of rotatable bonds is 7. The standard InChI is InChI=1S/C70H50N2/c1-69(2)61-36-15-17-38-63(61)70(64-39-18-16-37-62(64)69)60-35-14-10-31-55(60)56-44-43-50(46-65(56)70)71(48-25-22-26-49(45-48)72-67-41-20-12-33-58(67)59-34-13-21-42-68(59)72)66-40-19-11-32-57(66)54-30-9-8-29-53(54)52-28-7-6-27-51(52)47-23-4-3-5-24-47/h3-46H,1-2H3. The molecule has 1 spiro atoms. The molecule has 0 saturated carbocycles. The van der Waals surface area contributed by atoms with E-state index in [9.17, 15) is 0 Å². The molecule has 1 aromatic heterocycles. The van der Waals surface area contributed by atoms with Crippen LogP contribution in [0.25, 0.3) is 72.0 Å². The smallest absolute Gasteiger partial charge is 0.0720 e. The molecule has 0 bridgehead atoms. The zero-order valence-electron chi connectivity index (χ0n) is 40.3. The second kappa shape index (κ2) is 16.3. The Morgan fingerprint density at radius 2 is 0.764 bits per heavy atom. The maximum atomic E-state index is 2.53. The molecule has 1 heterocycles. The maximum absolute atomic E-state index is 2.53. The third-order valence-electron chi connectivity index (χ3n) is 15.9. The molecule has 0 unspecified atom stereocenters. The quantitative estimate of drug-likeness (QED) is 0.155. The van der Waals surface area contributed by atoms with Gasteiger partial charge in [-0.1, -0.05) is 232 Å². The predicted octanol–water partition coefficient (Wildman–Crippen LogP) is 18.3. The van der Waals surface area contributed by atoms with Crippen molar-refractivity contribution in [3.63, 3.8) is 0 Å². The molecule has 72 heavy (non-hydrogen) atoms. The zero-order valence-corrected chi connectivity index (χ0v) is 40.3. The van der Waals surface area contributed by atoms with Crippen LogP contribution in [0.1, 0.15) is 47.2 Å². The molecule has 0 atom stereocenters. The highest BCUT2D eigenvalue weighted by molar-refractivity contribution is 6.09. The van der Waals surface area contributed by atoms with Crippen LogP contribution >= 0.6 is 0 Å². The molecule has 0 aliphatic heterocycles. The van der Waals surface area contributed by atoms with Crippen LogP contribution in [-0.4, -0.2) is 4.57 Å². The fraction of sp³-hybridized carbons (Fsp3) is 0.0571. The van der Waals surface area contributed by atoms with Crippen molar-refractivity contribution in [3.8, 4) is 50.2 Å². The topological polar surface area (TPSA) is 8.17 Å². The molecular formula is C70H50N2. The first-order valence-corrected chi connectivity index (χ1v) is 25.2. The number of hydrogen-bond donors (Lipinski definition) is 0. The van der Waals surface area contributed by atoms with E-state index in [0.717, 1.165) is 28.3 Å². The SMILES string of the molecule is CC1(C)c2ccccc2C2(c3ccccc3-c3ccc(N(c4cccc(-n5c6ccccc6c6ccccc65)c4)c4ccccc4-c4ccccc4-c4ccccc4-c4ccccc4)cc32)c2ccccc21. The van der Waals surface area contributed by atoms with E-state index >= 15 is 0 Å². The lowest BCUT2D eigenvalue weighted by molar-refractivity contribution is 0.563. The van der Waals surface area contributed by atoms with E-state index in [-0.39, 0.29) is 5.41 Å². The summed E-state index contributed by atoms with van der Waals surface area (Å²) in [4.78, 5) is 2.52. The first-order chi connectivity index (χ1) is 35.5. The number of para-hydroxylation sites is 3. The van der Waals surface area contributed by atoms with E-state index in [1.165, 1.54) is 94.1 Å². The van der Waals surface area contributed by atoms with E-state index in [2.05, 4.69) is 290 Å². The van der Waals surface area contributed by atoms with Gasteiger partial charge in [0, 0.05) is 38.8 Å². The van der Waals surface area contributed by atoms with E-state index in [4.69, 9.17) is 0 Å². The fourth-order valence-corrected chi connectivity index (χ4v) is 12.8. The van der Waals surface area contributed by atoms with Crippen molar-refractivity contribution < 1.29 is 0 Å². The van der Waals surface area contributed by atoms with Gasteiger partial charge in [-0.3, -0.25) is 0 Å². The van der Waals surface area contributed by atoms with Crippen molar-refractivity contribution >= 4 is 38.9 Å². The lowest BCUT2D eigenvalue weighted by atomic mass is 9.55. The van der Waals surface area contributed by atoms with Gasteiger partial charge in [-0.25, -0.2) is 0 Å². The highest BCUT2D eigenvalue weighted by Gasteiger charge is 2.53. The Labute approximate surface area is 421 Å². The molecule has 11 aromatic carbocycles. The zero-order chi connectivity index (χ0) is 48.0. The Bertz CT molecular complexity index is 3990. The van der Waals surface area contributed by atoms with Crippen LogP contribution in [0, 0.1) is 0 Å². The van der Waals surface area contributed by atoms with Crippen LogP contribution in [0.5, 0.6) is 0 Å². The summed E-state index contributed by atoms with van der Waals surface area (Å²) in [6.07, 6.45) is 0. The number of aromatic nitrogens is 1. The van der Waals surface area contributed by atoms with Crippen molar-refractivity contribution in [2.45, 2.75) is 24.7 Å². The van der Waals surface area contributed by atoms with Crippen molar-refractivity contribution in [3.05, 3.63) is 300 Å². The molecule has 0 saturated heterocycles. The van der Waals surface area contributed by atoms with E-state index in [1.54, 1.807) is 0 Å². The first-order valence-electron chi connectivity index (χ1n) is 25.2. The van der Waals surface area contributed by atoms with Gasteiger partial charge in [-0.05, 0) is 121 Å². The van der Waals surface area contributed by atoms with Crippen molar-refractivity contribution in [1.82, 2.24) is 4.57 Å². The van der Waals surface area contributed by atoms with Crippen LogP contribution in [0.2, 0.25) is 0 Å². The molecule has 2 aliphatic carbocycles. The van der Waals surface area contributed by atoms with Gasteiger partial charge in [0.25, 0.3) is 0 Å². The lowest BCUT2D eigenvalue weighted by Crippen LogP contribution is -2.40. The average Bonchev–Trinajstić information content (AvgIpc) is 3.94. The number of benzene rings is 11. The number of nitrogens with zero attached hydrogens (tertiary/aromatic N) is 2. The van der Waals surface area contributed by atoms with Gasteiger partial charge in [0.1, 0.15) is 0 Å². The van der Waals surface area contributed by atoms with Crippen LogP contribution < -0.4 is 4.90 Å². The van der Waals surface area contributed by atoms with Gasteiger partial charge >= 0.3 is 0 Å². The summed E-state index contributed by atoms with van der Waals surface area (Å²) in [5.41, 5.74) is 23.7. The van der Waals surface area contributed by atoms with Gasteiger partial charge in [-0.2, -0.15) is 0 Å². The van der Waals surface area contributed by atoms with Gasteiger partial charge in [0.2, 0.25) is 0 Å². The average molecular weight is 919 g/mol. The molecule has 2 heteroatoms. The van der Waals surface area contributed by atoms with E-state index < -0.39 is 5.41 Å². The van der Waals surface area contributed by atoms with E-state index in [1.807, 2.05) is 0 Å². The minimum absolute atomic E-state index is 0.196. The molecule has 2 aliphatic rings. The fourth-order valence-electron chi connectivity index (χ4n) is 12.8. The second-order valence-electron chi connectivity index (χ2n) is 19.9. The molecule has 0 N–H and O–H groups in total. The monoisotopic (exact) mass is 918 g/mol. The third-order valence-corrected chi connectivity index (χ3v) is 15.9. The summed E-state index contributed by atoms with van der Waals surface area (Å²) in [5.74, 6) is 0. The Balaban J connectivity index is 1.05. The molecule has 0 radical (unpaired) electrons. The van der Waals surface area contributed by atoms with Crippen LogP contribution in [-0.2, 0) is 10.8 Å². The number of anilines is 3. The summed E-state index contributed by atoms with van der Waals surface area (Å²) in [5, 5.41) is 2.49. The minimum atomic E-state index is -0.547. The predicted molar refractivity (Wildman–Crippen MR) is 301 cm³/mol. The Morgan fingerprint density at radius 3 is 1.42 bits per heavy atom. The van der Waals surface area contributed by atoms with Gasteiger partial charge in [-0.15, -0.1) is 0 Å². The first kappa shape index (κ1) is 41.9. The van der Waals surface area contributed by atoms with Gasteiger partial charge in [0.05, 0.1) is 22.1 Å². The molecule has 12 aromatic rings. The Morgan fingerprint density at radius 1 is 0.306 bits per heavy atom. The highest BCUT2D eigenvalue weighted by atomic mass is 15.1. The number of hydrogen-bond acceptors (Lipinski definition) is 1. The second-order valence-corrected chi connectivity index (χ2v) is 19.9. The largest absolute Gasteiger partial charge is 0.310 e. The Hall–Kier alpha value is -8.98. The summed E-state index contributed by atoms with van der Waals surface area (Å²) < 4.78 is 2.43. The van der Waals surface area contributed by atoms with E-state index in [0.29, 0.717) is 0 Å². The molecular weight excluding hydrogens is 869 g/mol. The third kappa shape index (κ3) is 6.09. The Kier molecular flexibility index (Phi) is 9.50. The molecule has 2 nitrogen and oxygen atoms in total. The molecule has 340 valence electrons. The summed E-state index contributed by atoms with van der Waals surface area (Å²) in [7, 11) is 0. The van der Waals surface area contributed by atoms with Crippen molar-refractivity contribution in [2.75, 3.05) is 4.90 Å². The molecule has 14 rings (SSSR count). The lowest BCUT2D eigenvalue weighted by Gasteiger charge is -2.46. The highest BCUT2D eigenvalue weighted by Crippen LogP contribution is 2.63. The van der Waals surface area contributed by atoms with Crippen LogP contribution in [0.3, 0.4) is 0 Å². The summed E-state index contributed by atoms with van der Waals surface area (Å²) in [6, 6.07) is 99.2. The normalized spacial score (nSPS) is 13.6. The molecule has 0 amide bonds. The van der Waals surface area contributed by atoms with Gasteiger partial charge < -0.3 is 9.47 Å². The van der Waals surface area contributed by atoms with Crippen LogP contribution in [0.15, 0.2) is 267 Å². The summed E-state index contributed by atoms with van der Waals surface area (Å²) in [6.45, 7) is 4.79.